The van der Waals surface area contributed by atoms with Crippen LogP contribution in [0.2, 0.25) is 10.0 Å². The van der Waals surface area contributed by atoms with Gasteiger partial charge in [0.15, 0.2) is 6.61 Å². The molecule has 2 aromatic rings. The summed E-state index contributed by atoms with van der Waals surface area (Å²) in [7, 11) is 0. The number of carbonyl (C=O) groups excluding carboxylic acids is 2. The van der Waals surface area contributed by atoms with Crippen LogP contribution in [0.15, 0.2) is 42.5 Å². The summed E-state index contributed by atoms with van der Waals surface area (Å²) in [4.78, 5) is 27.7. The Hall–Kier alpha value is -2.24. The molecule has 1 aliphatic rings. The van der Waals surface area contributed by atoms with Crippen LogP contribution < -0.4 is 10.1 Å². The first-order valence-electron chi connectivity index (χ1n) is 11.1. The lowest BCUT2D eigenvalue weighted by molar-refractivity contribution is -0.142. The van der Waals surface area contributed by atoms with E-state index in [0.29, 0.717) is 15.8 Å². The molecule has 3 rings (SSSR count). The van der Waals surface area contributed by atoms with Crippen LogP contribution >= 0.6 is 23.2 Å². The van der Waals surface area contributed by atoms with Crippen molar-refractivity contribution in [2.24, 2.45) is 0 Å². The fraction of sp³-hybridized carbons (Fsp3) is 0.440. The minimum atomic E-state index is -0.656. The van der Waals surface area contributed by atoms with Gasteiger partial charge in [-0.3, -0.25) is 9.59 Å². The molecule has 0 heterocycles. The SMILES string of the molecule is Cc1cc(OCC(=O)N(Cc2ccccc2Cl)[C@H](C)C(=O)NC2CCCCC2)ccc1Cl. The van der Waals surface area contributed by atoms with Crippen molar-refractivity contribution in [1.29, 1.82) is 0 Å². The molecule has 5 nitrogen and oxygen atoms in total. The van der Waals surface area contributed by atoms with Gasteiger partial charge in [0.1, 0.15) is 11.8 Å². The van der Waals surface area contributed by atoms with E-state index in [9.17, 15) is 9.59 Å². The summed E-state index contributed by atoms with van der Waals surface area (Å²) in [6.07, 6.45) is 5.42. The molecule has 7 heteroatoms. The zero-order valence-electron chi connectivity index (χ0n) is 18.6. The van der Waals surface area contributed by atoms with Crippen molar-refractivity contribution < 1.29 is 14.3 Å². The van der Waals surface area contributed by atoms with Crippen LogP contribution in [0.25, 0.3) is 0 Å². The second-order valence-corrected chi connectivity index (χ2v) is 9.15. The Morgan fingerprint density at radius 3 is 2.50 bits per heavy atom. The van der Waals surface area contributed by atoms with E-state index in [-0.39, 0.29) is 31.0 Å². The smallest absolute Gasteiger partial charge is 0.261 e. The molecule has 0 radical (unpaired) electrons. The number of benzene rings is 2. The fourth-order valence-electron chi connectivity index (χ4n) is 3.90. The third-order valence-electron chi connectivity index (χ3n) is 5.91. The van der Waals surface area contributed by atoms with Gasteiger partial charge in [-0.25, -0.2) is 0 Å². The molecule has 0 bridgehead atoms. The number of hydrogen-bond acceptors (Lipinski definition) is 3. The van der Waals surface area contributed by atoms with Gasteiger partial charge in [0.2, 0.25) is 5.91 Å². The Balaban J connectivity index is 1.72. The zero-order chi connectivity index (χ0) is 23.1. The van der Waals surface area contributed by atoms with E-state index in [2.05, 4.69) is 5.32 Å². The molecule has 2 aromatic carbocycles. The van der Waals surface area contributed by atoms with Gasteiger partial charge in [-0.15, -0.1) is 0 Å². The number of ether oxygens (including phenoxy) is 1. The molecule has 1 aliphatic carbocycles. The van der Waals surface area contributed by atoms with Crippen molar-refractivity contribution in [1.82, 2.24) is 10.2 Å². The number of halogens is 2. The first kappa shape index (κ1) is 24.4. The summed E-state index contributed by atoms with van der Waals surface area (Å²) < 4.78 is 5.72. The van der Waals surface area contributed by atoms with Crippen LogP contribution in [0.5, 0.6) is 5.75 Å². The van der Waals surface area contributed by atoms with Gasteiger partial charge >= 0.3 is 0 Å². The van der Waals surface area contributed by atoms with Crippen molar-refractivity contribution in [2.45, 2.75) is 64.6 Å². The molecule has 0 aliphatic heterocycles. The average Bonchev–Trinajstić information content (AvgIpc) is 2.79. The highest BCUT2D eigenvalue weighted by Crippen LogP contribution is 2.23. The van der Waals surface area contributed by atoms with Gasteiger partial charge < -0.3 is 15.0 Å². The van der Waals surface area contributed by atoms with Crippen molar-refractivity contribution >= 4 is 35.0 Å². The van der Waals surface area contributed by atoms with E-state index < -0.39 is 6.04 Å². The molecular weight excluding hydrogens is 447 g/mol. The van der Waals surface area contributed by atoms with E-state index in [1.165, 1.54) is 11.3 Å². The maximum Gasteiger partial charge on any atom is 0.261 e. The van der Waals surface area contributed by atoms with E-state index in [1.807, 2.05) is 25.1 Å². The number of aryl methyl sites for hydroxylation is 1. The lowest BCUT2D eigenvalue weighted by Crippen LogP contribution is -2.51. The Bertz CT molecular complexity index is 945. The first-order valence-corrected chi connectivity index (χ1v) is 11.8. The lowest BCUT2D eigenvalue weighted by atomic mass is 9.95. The number of amides is 2. The summed E-state index contributed by atoms with van der Waals surface area (Å²) in [6.45, 7) is 3.66. The van der Waals surface area contributed by atoms with Crippen molar-refractivity contribution in [3.8, 4) is 5.75 Å². The molecule has 0 saturated heterocycles. The molecular formula is C25H30Cl2N2O3. The molecule has 1 N–H and O–H groups in total. The molecule has 172 valence electrons. The topological polar surface area (TPSA) is 58.6 Å². The summed E-state index contributed by atoms with van der Waals surface area (Å²) in [5.74, 6) is 0.112. The highest BCUT2D eigenvalue weighted by atomic mass is 35.5. The average molecular weight is 477 g/mol. The minimum absolute atomic E-state index is 0.153. The van der Waals surface area contributed by atoms with Crippen LogP contribution in [-0.4, -0.2) is 35.4 Å². The summed E-state index contributed by atoms with van der Waals surface area (Å²) in [5.41, 5.74) is 1.65. The fourth-order valence-corrected chi connectivity index (χ4v) is 4.21. The van der Waals surface area contributed by atoms with E-state index in [4.69, 9.17) is 27.9 Å². The molecule has 1 fully saturated rings. The quantitative estimate of drug-likeness (QED) is 0.543. The van der Waals surface area contributed by atoms with Gasteiger partial charge in [-0.2, -0.15) is 0 Å². The first-order chi connectivity index (χ1) is 15.3. The van der Waals surface area contributed by atoms with Gasteiger partial charge in [0.25, 0.3) is 5.91 Å². The Labute approximate surface area is 200 Å². The van der Waals surface area contributed by atoms with Gasteiger partial charge in [0, 0.05) is 22.6 Å². The van der Waals surface area contributed by atoms with Gasteiger partial charge in [-0.1, -0.05) is 60.7 Å². The second-order valence-electron chi connectivity index (χ2n) is 8.33. The standard InChI is InChI=1S/C25H30Cl2N2O3/c1-17-14-21(12-13-22(17)26)32-16-24(30)29(15-19-8-6-7-11-23(19)27)18(2)25(31)28-20-9-4-3-5-10-20/h6-8,11-14,18,20H,3-5,9-10,15-16H2,1-2H3,(H,28,31)/t18-/m1/s1. The summed E-state index contributed by atoms with van der Waals surface area (Å²) in [5, 5.41) is 4.31. The number of rotatable bonds is 8. The van der Waals surface area contributed by atoms with Gasteiger partial charge in [-0.05, 0) is 62.1 Å². The minimum Gasteiger partial charge on any atom is -0.484 e. The predicted molar refractivity (Wildman–Crippen MR) is 128 cm³/mol. The molecule has 1 saturated carbocycles. The van der Waals surface area contributed by atoms with Crippen molar-refractivity contribution in [3.05, 3.63) is 63.6 Å². The maximum absolute atomic E-state index is 13.2. The number of nitrogens with one attached hydrogen (secondary N) is 1. The third-order valence-corrected chi connectivity index (χ3v) is 6.70. The number of hydrogen-bond donors (Lipinski definition) is 1. The lowest BCUT2D eigenvalue weighted by Gasteiger charge is -2.31. The van der Waals surface area contributed by atoms with Crippen LogP contribution in [0.4, 0.5) is 0 Å². The largest absolute Gasteiger partial charge is 0.484 e. The highest BCUT2D eigenvalue weighted by Gasteiger charge is 2.28. The molecule has 0 spiro atoms. The van der Waals surface area contributed by atoms with E-state index in [0.717, 1.165) is 36.8 Å². The Morgan fingerprint density at radius 2 is 1.81 bits per heavy atom. The molecule has 0 unspecified atom stereocenters. The second kappa shape index (κ2) is 11.6. The highest BCUT2D eigenvalue weighted by molar-refractivity contribution is 6.31. The number of carbonyl (C=O) groups is 2. The van der Waals surface area contributed by atoms with Crippen LogP contribution in [0, 0.1) is 6.92 Å². The van der Waals surface area contributed by atoms with Crippen LogP contribution in [0.1, 0.15) is 50.2 Å². The van der Waals surface area contributed by atoms with Crippen LogP contribution in [0.3, 0.4) is 0 Å². The maximum atomic E-state index is 13.2. The molecule has 2 amide bonds. The van der Waals surface area contributed by atoms with Crippen molar-refractivity contribution in [2.75, 3.05) is 6.61 Å². The molecule has 32 heavy (non-hydrogen) atoms. The third kappa shape index (κ3) is 6.63. The Morgan fingerprint density at radius 1 is 1.09 bits per heavy atom. The monoisotopic (exact) mass is 476 g/mol. The van der Waals surface area contributed by atoms with Crippen LogP contribution in [-0.2, 0) is 16.1 Å². The van der Waals surface area contributed by atoms with Gasteiger partial charge in [0.05, 0.1) is 0 Å². The van der Waals surface area contributed by atoms with E-state index in [1.54, 1.807) is 31.2 Å². The zero-order valence-corrected chi connectivity index (χ0v) is 20.1. The predicted octanol–water partition coefficient (Wildman–Crippen LogP) is 5.55. The van der Waals surface area contributed by atoms with Crippen molar-refractivity contribution in [3.63, 3.8) is 0 Å². The van der Waals surface area contributed by atoms with E-state index >= 15 is 0 Å². The summed E-state index contributed by atoms with van der Waals surface area (Å²) in [6, 6.07) is 12.1. The molecule has 0 aromatic heterocycles. The summed E-state index contributed by atoms with van der Waals surface area (Å²) >= 11 is 12.4. The number of nitrogens with zero attached hydrogens (tertiary/aromatic N) is 1. The molecule has 1 atom stereocenters. The Kier molecular flexibility index (Phi) is 8.83. The normalized spacial score (nSPS) is 15.1.